The molecule has 0 saturated carbocycles. The van der Waals surface area contributed by atoms with E-state index in [0.29, 0.717) is 0 Å². The minimum absolute atomic E-state index is 0.0255. The molecule has 12 heavy (non-hydrogen) atoms. The lowest BCUT2D eigenvalue weighted by Crippen LogP contribution is -2.11. The van der Waals surface area contributed by atoms with Crippen LogP contribution in [0.15, 0.2) is 6.07 Å². The van der Waals surface area contributed by atoms with Crippen LogP contribution in [0.5, 0.6) is 0 Å². The highest BCUT2D eigenvalue weighted by molar-refractivity contribution is 6.29. The van der Waals surface area contributed by atoms with Crippen LogP contribution in [0.1, 0.15) is 11.3 Å². The van der Waals surface area contributed by atoms with Crippen LogP contribution in [0.4, 0.5) is 13.2 Å². The standard InChI is InChI=1S/C6H4ClF3N2/c1-3-2-4(7)11-12-5(3)6(8,9)10/h2H,1H3. The van der Waals surface area contributed by atoms with Gasteiger partial charge in [-0.15, -0.1) is 10.2 Å². The summed E-state index contributed by atoms with van der Waals surface area (Å²) in [6, 6.07) is 1.12. The van der Waals surface area contributed by atoms with Crippen molar-refractivity contribution in [3.05, 3.63) is 22.5 Å². The summed E-state index contributed by atoms with van der Waals surface area (Å²) in [5.41, 5.74) is -1.02. The molecule has 0 bridgehead atoms. The van der Waals surface area contributed by atoms with Crippen LogP contribution in [0.2, 0.25) is 5.15 Å². The van der Waals surface area contributed by atoms with Crippen LogP contribution in [0.25, 0.3) is 0 Å². The van der Waals surface area contributed by atoms with Crippen molar-refractivity contribution in [1.29, 1.82) is 0 Å². The molecule has 0 spiro atoms. The highest BCUT2D eigenvalue weighted by atomic mass is 35.5. The first kappa shape index (κ1) is 9.25. The van der Waals surface area contributed by atoms with Gasteiger partial charge in [0.05, 0.1) is 0 Å². The molecule has 2 nitrogen and oxygen atoms in total. The Balaban J connectivity index is 3.19. The van der Waals surface area contributed by atoms with Crippen LogP contribution in [0, 0.1) is 6.92 Å². The summed E-state index contributed by atoms with van der Waals surface area (Å²) in [6.07, 6.45) is -4.46. The molecule has 0 fully saturated rings. The molecule has 0 N–H and O–H groups in total. The summed E-state index contributed by atoms with van der Waals surface area (Å²) < 4.78 is 36.1. The second kappa shape index (κ2) is 2.90. The number of hydrogen-bond donors (Lipinski definition) is 0. The predicted octanol–water partition coefficient (Wildman–Crippen LogP) is 2.46. The average molecular weight is 197 g/mol. The summed E-state index contributed by atoms with van der Waals surface area (Å²) in [5.74, 6) is 0. The molecular weight excluding hydrogens is 193 g/mol. The smallest absolute Gasteiger partial charge is 0.164 e. The van der Waals surface area contributed by atoms with Crippen molar-refractivity contribution in [2.75, 3.05) is 0 Å². The van der Waals surface area contributed by atoms with E-state index in [-0.39, 0.29) is 10.7 Å². The monoisotopic (exact) mass is 196 g/mol. The molecule has 6 heteroatoms. The second-order valence-electron chi connectivity index (χ2n) is 2.20. The highest BCUT2D eigenvalue weighted by Gasteiger charge is 2.34. The molecule has 1 aromatic heterocycles. The minimum atomic E-state index is -4.46. The summed E-state index contributed by atoms with van der Waals surface area (Å²) in [7, 11) is 0. The van der Waals surface area contributed by atoms with E-state index in [0.717, 1.165) is 6.07 Å². The molecule has 1 heterocycles. The van der Waals surface area contributed by atoms with Crippen molar-refractivity contribution in [1.82, 2.24) is 10.2 Å². The van der Waals surface area contributed by atoms with Crippen LogP contribution in [-0.2, 0) is 6.18 Å². The number of hydrogen-bond acceptors (Lipinski definition) is 2. The molecule has 0 saturated heterocycles. The summed E-state index contributed by atoms with van der Waals surface area (Å²) >= 11 is 5.33. The van der Waals surface area contributed by atoms with Gasteiger partial charge in [0.25, 0.3) is 0 Å². The van der Waals surface area contributed by atoms with Crippen LogP contribution in [-0.4, -0.2) is 10.2 Å². The fourth-order valence-corrected chi connectivity index (χ4v) is 0.934. The van der Waals surface area contributed by atoms with Crippen molar-refractivity contribution >= 4 is 11.6 Å². The van der Waals surface area contributed by atoms with E-state index in [1.54, 1.807) is 0 Å². The van der Waals surface area contributed by atoms with Crippen molar-refractivity contribution in [2.24, 2.45) is 0 Å². The third-order valence-corrected chi connectivity index (χ3v) is 1.41. The predicted molar refractivity (Wildman–Crippen MR) is 36.8 cm³/mol. The largest absolute Gasteiger partial charge is 0.435 e. The lowest BCUT2D eigenvalue weighted by atomic mass is 10.2. The Morgan fingerprint density at radius 3 is 2.33 bits per heavy atom. The van der Waals surface area contributed by atoms with E-state index in [2.05, 4.69) is 10.2 Å². The number of nitrogens with zero attached hydrogens (tertiary/aromatic N) is 2. The van der Waals surface area contributed by atoms with E-state index >= 15 is 0 Å². The topological polar surface area (TPSA) is 25.8 Å². The van der Waals surface area contributed by atoms with Gasteiger partial charge in [0.2, 0.25) is 0 Å². The Morgan fingerprint density at radius 2 is 1.92 bits per heavy atom. The van der Waals surface area contributed by atoms with Gasteiger partial charge >= 0.3 is 6.18 Å². The van der Waals surface area contributed by atoms with Crippen molar-refractivity contribution < 1.29 is 13.2 Å². The van der Waals surface area contributed by atoms with Gasteiger partial charge in [-0.3, -0.25) is 0 Å². The van der Waals surface area contributed by atoms with Gasteiger partial charge in [0.15, 0.2) is 10.8 Å². The van der Waals surface area contributed by atoms with Gasteiger partial charge in [-0.1, -0.05) is 11.6 Å². The Bertz CT molecular complexity index is 297. The Labute approximate surface area is 71.4 Å². The molecule has 0 unspecified atom stereocenters. The molecule has 0 atom stereocenters. The zero-order valence-electron chi connectivity index (χ0n) is 5.98. The normalized spacial score (nSPS) is 11.8. The Hall–Kier alpha value is -0.840. The molecular formula is C6H4ClF3N2. The first-order chi connectivity index (χ1) is 5.41. The van der Waals surface area contributed by atoms with Gasteiger partial charge < -0.3 is 0 Å². The maximum atomic E-state index is 12.0. The third kappa shape index (κ3) is 1.85. The van der Waals surface area contributed by atoms with Crippen LogP contribution in [0.3, 0.4) is 0 Å². The van der Waals surface area contributed by atoms with Crippen LogP contribution < -0.4 is 0 Å². The molecule has 66 valence electrons. The zero-order chi connectivity index (χ0) is 9.35. The summed E-state index contributed by atoms with van der Waals surface area (Å²) in [6.45, 7) is 1.28. The quantitative estimate of drug-likeness (QED) is 0.637. The van der Waals surface area contributed by atoms with Gasteiger partial charge in [-0.25, -0.2) is 0 Å². The van der Waals surface area contributed by atoms with Crippen molar-refractivity contribution in [2.45, 2.75) is 13.1 Å². The number of alkyl halides is 3. The van der Waals surface area contributed by atoms with Crippen molar-refractivity contribution in [3.63, 3.8) is 0 Å². The van der Waals surface area contributed by atoms with Gasteiger partial charge in [-0.2, -0.15) is 13.2 Å². The second-order valence-corrected chi connectivity index (χ2v) is 2.58. The van der Waals surface area contributed by atoms with E-state index in [9.17, 15) is 13.2 Å². The average Bonchev–Trinajstić information content (AvgIpc) is 1.83. The number of halogens is 4. The molecule has 0 aliphatic heterocycles. The lowest BCUT2D eigenvalue weighted by Gasteiger charge is -2.06. The zero-order valence-corrected chi connectivity index (χ0v) is 6.74. The van der Waals surface area contributed by atoms with E-state index in [4.69, 9.17) is 11.6 Å². The molecule has 0 aromatic carbocycles. The number of aromatic nitrogens is 2. The van der Waals surface area contributed by atoms with Gasteiger partial charge in [0.1, 0.15) is 0 Å². The molecule has 0 aliphatic carbocycles. The third-order valence-electron chi connectivity index (χ3n) is 1.22. The Kier molecular flexibility index (Phi) is 2.23. The highest BCUT2D eigenvalue weighted by Crippen LogP contribution is 2.29. The minimum Gasteiger partial charge on any atom is -0.164 e. The molecule has 0 amide bonds. The maximum absolute atomic E-state index is 12.0. The Morgan fingerprint density at radius 1 is 1.33 bits per heavy atom. The molecule has 0 aliphatic rings. The van der Waals surface area contributed by atoms with Crippen molar-refractivity contribution in [3.8, 4) is 0 Å². The summed E-state index contributed by atoms with van der Waals surface area (Å²) in [4.78, 5) is 0. The van der Waals surface area contributed by atoms with Crippen LogP contribution >= 0.6 is 11.6 Å². The van der Waals surface area contributed by atoms with Gasteiger partial charge in [-0.05, 0) is 18.6 Å². The lowest BCUT2D eigenvalue weighted by molar-refractivity contribution is -0.142. The summed E-state index contributed by atoms with van der Waals surface area (Å²) in [5, 5.41) is 6.00. The van der Waals surface area contributed by atoms with Gasteiger partial charge in [0, 0.05) is 0 Å². The fraction of sp³-hybridized carbons (Fsp3) is 0.333. The van der Waals surface area contributed by atoms with E-state index in [1.165, 1.54) is 6.92 Å². The fourth-order valence-electron chi connectivity index (χ4n) is 0.733. The van der Waals surface area contributed by atoms with E-state index in [1.807, 2.05) is 0 Å². The maximum Gasteiger partial charge on any atom is 0.435 e. The molecule has 1 rings (SSSR count). The first-order valence-corrected chi connectivity index (χ1v) is 3.36. The van der Waals surface area contributed by atoms with E-state index < -0.39 is 11.9 Å². The molecule has 1 aromatic rings. The first-order valence-electron chi connectivity index (χ1n) is 2.98. The number of rotatable bonds is 0. The number of aryl methyl sites for hydroxylation is 1. The SMILES string of the molecule is Cc1cc(Cl)nnc1C(F)(F)F. The molecule has 0 radical (unpaired) electrons.